The third-order valence-corrected chi connectivity index (χ3v) is 5.32. The van der Waals surface area contributed by atoms with Gasteiger partial charge in [0.15, 0.2) is 0 Å². The van der Waals surface area contributed by atoms with Gasteiger partial charge in [-0.3, -0.25) is 0 Å². The van der Waals surface area contributed by atoms with Crippen molar-refractivity contribution in [2.45, 2.75) is 24.5 Å². The summed E-state index contributed by atoms with van der Waals surface area (Å²) >= 11 is 0. The first-order valence-corrected chi connectivity index (χ1v) is 8.97. The molecule has 0 unspecified atom stereocenters. The molecule has 0 spiro atoms. The largest absolute Gasteiger partial charge is 0.448 e. The summed E-state index contributed by atoms with van der Waals surface area (Å²) in [6.07, 6.45) is -0.376. The molecule has 1 N–H and O–H groups in total. The number of aliphatic hydroxyl groups is 1. The summed E-state index contributed by atoms with van der Waals surface area (Å²) in [4.78, 5) is 14.2. The van der Waals surface area contributed by atoms with Crippen LogP contribution in [0.5, 0.6) is 0 Å². The SMILES string of the molecule is COC[C@H]1C[C@@H](O)CN1C(=O)OCC1c2ccccc2-c2ccccc21. The van der Waals surface area contributed by atoms with Crippen LogP contribution in [0.2, 0.25) is 0 Å². The molecule has 1 aliphatic heterocycles. The predicted octanol–water partition coefficient (Wildman–Crippen LogP) is 3.02. The maximum Gasteiger partial charge on any atom is 0.410 e. The monoisotopic (exact) mass is 353 g/mol. The molecular weight excluding hydrogens is 330 g/mol. The first-order chi connectivity index (χ1) is 12.7. The lowest BCUT2D eigenvalue weighted by molar-refractivity contribution is 0.0715. The number of aliphatic hydroxyl groups excluding tert-OH is 1. The molecule has 1 fully saturated rings. The molecule has 5 heteroatoms. The van der Waals surface area contributed by atoms with Crippen LogP contribution >= 0.6 is 0 Å². The van der Waals surface area contributed by atoms with Crippen molar-refractivity contribution < 1.29 is 19.4 Å². The Balaban J connectivity index is 1.50. The summed E-state index contributed by atoms with van der Waals surface area (Å²) in [6.45, 7) is 0.991. The van der Waals surface area contributed by atoms with Crippen molar-refractivity contribution in [3.63, 3.8) is 0 Å². The average molecular weight is 353 g/mol. The number of fused-ring (bicyclic) bond motifs is 3. The minimum Gasteiger partial charge on any atom is -0.448 e. The van der Waals surface area contributed by atoms with Crippen molar-refractivity contribution in [1.82, 2.24) is 4.90 Å². The molecule has 5 nitrogen and oxygen atoms in total. The van der Waals surface area contributed by atoms with Crippen molar-refractivity contribution in [2.24, 2.45) is 0 Å². The summed E-state index contributed by atoms with van der Waals surface area (Å²) in [7, 11) is 1.60. The van der Waals surface area contributed by atoms with Crippen molar-refractivity contribution in [3.05, 3.63) is 59.7 Å². The fourth-order valence-electron chi connectivity index (χ4n) is 4.14. The van der Waals surface area contributed by atoms with E-state index in [1.807, 2.05) is 24.3 Å². The Kier molecular flexibility index (Phi) is 4.66. The molecule has 2 aromatic rings. The molecule has 0 radical (unpaired) electrons. The van der Waals surface area contributed by atoms with E-state index in [4.69, 9.17) is 9.47 Å². The highest BCUT2D eigenvalue weighted by Crippen LogP contribution is 2.44. The van der Waals surface area contributed by atoms with Gasteiger partial charge in [0.1, 0.15) is 6.61 Å². The number of ether oxygens (including phenoxy) is 2. The van der Waals surface area contributed by atoms with E-state index in [9.17, 15) is 9.90 Å². The fourth-order valence-corrected chi connectivity index (χ4v) is 4.14. The number of hydrogen-bond donors (Lipinski definition) is 1. The van der Waals surface area contributed by atoms with Gasteiger partial charge in [0.2, 0.25) is 0 Å². The molecule has 2 aliphatic rings. The first-order valence-electron chi connectivity index (χ1n) is 8.97. The maximum atomic E-state index is 12.6. The Morgan fingerprint density at radius 1 is 1.08 bits per heavy atom. The maximum absolute atomic E-state index is 12.6. The van der Waals surface area contributed by atoms with Gasteiger partial charge in [0.25, 0.3) is 0 Å². The normalized spacial score (nSPS) is 21.5. The zero-order valence-electron chi connectivity index (χ0n) is 14.8. The molecule has 2 atom stereocenters. The Bertz CT molecular complexity index is 761. The summed E-state index contributed by atoms with van der Waals surface area (Å²) in [5, 5.41) is 9.88. The van der Waals surface area contributed by atoms with Crippen LogP contribution in [0.3, 0.4) is 0 Å². The van der Waals surface area contributed by atoms with Gasteiger partial charge in [0, 0.05) is 13.0 Å². The van der Waals surface area contributed by atoms with E-state index in [-0.39, 0.29) is 18.1 Å². The third kappa shape index (κ3) is 2.97. The molecule has 1 saturated heterocycles. The molecule has 1 heterocycles. The Morgan fingerprint density at radius 2 is 1.69 bits per heavy atom. The van der Waals surface area contributed by atoms with Gasteiger partial charge in [-0.2, -0.15) is 0 Å². The van der Waals surface area contributed by atoms with E-state index in [2.05, 4.69) is 24.3 Å². The Hall–Kier alpha value is -2.37. The number of nitrogens with zero attached hydrogens (tertiary/aromatic N) is 1. The minimum atomic E-state index is -0.518. The molecule has 1 aliphatic carbocycles. The van der Waals surface area contributed by atoms with Gasteiger partial charge in [-0.1, -0.05) is 48.5 Å². The van der Waals surface area contributed by atoms with Crippen LogP contribution in [-0.4, -0.2) is 55.1 Å². The lowest BCUT2D eigenvalue weighted by Gasteiger charge is -2.24. The van der Waals surface area contributed by atoms with Gasteiger partial charge >= 0.3 is 6.09 Å². The number of amides is 1. The quantitative estimate of drug-likeness (QED) is 0.918. The zero-order chi connectivity index (χ0) is 18.1. The van der Waals surface area contributed by atoms with Crippen LogP contribution in [-0.2, 0) is 9.47 Å². The van der Waals surface area contributed by atoms with Gasteiger partial charge in [0.05, 0.1) is 25.3 Å². The number of carbonyl (C=O) groups is 1. The van der Waals surface area contributed by atoms with E-state index >= 15 is 0 Å². The van der Waals surface area contributed by atoms with E-state index in [0.717, 1.165) is 0 Å². The highest BCUT2D eigenvalue weighted by atomic mass is 16.6. The molecule has 2 aromatic carbocycles. The molecule has 0 aromatic heterocycles. The average Bonchev–Trinajstić information content (AvgIpc) is 3.18. The molecule has 4 rings (SSSR count). The molecule has 1 amide bonds. The number of carbonyl (C=O) groups excluding carboxylic acids is 1. The van der Waals surface area contributed by atoms with Crippen LogP contribution in [0.4, 0.5) is 4.79 Å². The molecule has 136 valence electrons. The number of β-amino-alcohol motifs (C(OH)–C–C–N with tert-alkyl or cyclic N) is 1. The molecule has 26 heavy (non-hydrogen) atoms. The fraction of sp³-hybridized carbons (Fsp3) is 0.381. The van der Waals surface area contributed by atoms with Gasteiger partial charge in [-0.15, -0.1) is 0 Å². The van der Waals surface area contributed by atoms with Crippen LogP contribution in [0.25, 0.3) is 11.1 Å². The first kappa shape index (κ1) is 17.1. The van der Waals surface area contributed by atoms with Gasteiger partial charge in [-0.25, -0.2) is 4.79 Å². The molecule has 0 bridgehead atoms. The minimum absolute atomic E-state index is 0.0414. The number of benzene rings is 2. The summed E-state index contributed by atoms with van der Waals surface area (Å²) in [6, 6.07) is 16.4. The van der Waals surface area contributed by atoms with Crippen LogP contribution < -0.4 is 0 Å². The van der Waals surface area contributed by atoms with Gasteiger partial charge < -0.3 is 19.5 Å². The van der Waals surface area contributed by atoms with Gasteiger partial charge in [-0.05, 0) is 28.7 Å². The third-order valence-electron chi connectivity index (χ3n) is 5.32. The second-order valence-electron chi connectivity index (χ2n) is 6.96. The van der Waals surface area contributed by atoms with E-state index in [0.29, 0.717) is 26.2 Å². The van der Waals surface area contributed by atoms with Crippen molar-refractivity contribution in [2.75, 3.05) is 26.9 Å². The summed E-state index contributed by atoms with van der Waals surface area (Å²) in [5.41, 5.74) is 4.80. The Labute approximate surface area is 153 Å². The zero-order valence-corrected chi connectivity index (χ0v) is 14.8. The number of hydrogen-bond acceptors (Lipinski definition) is 4. The summed E-state index contributed by atoms with van der Waals surface area (Å²) in [5.74, 6) is 0.0414. The van der Waals surface area contributed by atoms with Crippen molar-refractivity contribution in [1.29, 1.82) is 0 Å². The lowest BCUT2D eigenvalue weighted by atomic mass is 9.98. The second-order valence-corrected chi connectivity index (χ2v) is 6.96. The second kappa shape index (κ2) is 7.09. The Morgan fingerprint density at radius 3 is 2.31 bits per heavy atom. The standard InChI is InChI=1S/C21H23NO4/c1-25-12-14-10-15(23)11-22(14)21(24)26-13-20-18-8-4-2-6-16(18)17-7-3-5-9-19(17)20/h2-9,14-15,20,23H,10-13H2,1H3/t14-,15-/m1/s1. The number of likely N-dealkylation sites (tertiary alicyclic amines) is 1. The predicted molar refractivity (Wildman–Crippen MR) is 98.1 cm³/mol. The smallest absolute Gasteiger partial charge is 0.410 e. The van der Waals surface area contributed by atoms with E-state index < -0.39 is 6.10 Å². The highest BCUT2D eigenvalue weighted by molar-refractivity contribution is 5.79. The van der Waals surface area contributed by atoms with E-state index in [1.54, 1.807) is 12.0 Å². The van der Waals surface area contributed by atoms with Crippen molar-refractivity contribution in [3.8, 4) is 11.1 Å². The molecule has 0 saturated carbocycles. The van der Waals surface area contributed by atoms with Crippen molar-refractivity contribution >= 4 is 6.09 Å². The number of rotatable bonds is 4. The van der Waals surface area contributed by atoms with Crippen LogP contribution in [0.1, 0.15) is 23.5 Å². The number of methoxy groups -OCH3 is 1. The van der Waals surface area contributed by atoms with Crippen LogP contribution in [0, 0.1) is 0 Å². The summed E-state index contributed by atoms with van der Waals surface area (Å²) < 4.78 is 10.8. The van der Waals surface area contributed by atoms with E-state index in [1.165, 1.54) is 22.3 Å². The molecular formula is C21H23NO4. The van der Waals surface area contributed by atoms with Crippen LogP contribution in [0.15, 0.2) is 48.5 Å². The lowest BCUT2D eigenvalue weighted by Crippen LogP contribution is -2.39. The highest BCUT2D eigenvalue weighted by Gasteiger charge is 2.36. The topological polar surface area (TPSA) is 59.0 Å².